The second kappa shape index (κ2) is 8.69. The van der Waals surface area contributed by atoms with Gasteiger partial charge in [0.15, 0.2) is 0 Å². The van der Waals surface area contributed by atoms with Gasteiger partial charge in [0.2, 0.25) is 0 Å². The molecule has 20 heavy (non-hydrogen) atoms. The maximum atomic E-state index is 10.9. The van der Waals surface area contributed by atoms with Gasteiger partial charge in [0.05, 0.1) is 18.2 Å². The van der Waals surface area contributed by atoms with E-state index in [0.29, 0.717) is 26.1 Å². The van der Waals surface area contributed by atoms with E-state index in [2.05, 4.69) is 26.9 Å². The van der Waals surface area contributed by atoms with Crippen LogP contribution in [-0.2, 0) is 11.3 Å². The third-order valence-corrected chi connectivity index (χ3v) is 3.58. The van der Waals surface area contributed by atoms with Crippen LogP contribution in [0, 0.1) is 11.3 Å². The summed E-state index contributed by atoms with van der Waals surface area (Å²) >= 11 is 3.39. The number of hydrogen-bond donors (Lipinski definition) is 1. The first-order valence-corrected chi connectivity index (χ1v) is 6.97. The fourth-order valence-electron chi connectivity index (χ4n) is 1.75. The Balaban J connectivity index is 2.76. The van der Waals surface area contributed by atoms with Crippen LogP contribution in [-0.4, -0.2) is 42.8 Å². The summed E-state index contributed by atoms with van der Waals surface area (Å²) < 4.78 is 5.82. The maximum absolute atomic E-state index is 10.9. The zero-order valence-corrected chi connectivity index (χ0v) is 12.9. The highest BCUT2D eigenvalue weighted by atomic mass is 79.9. The Kier molecular flexibility index (Phi) is 7.23. The van der Waals surface area contributed by atoms with Crippen LogP contribution in [0.3, 0.4) is 0 Å². The van der Waals surface area contributed by atoms with E-state index < -0.39 is 5.97 Å². The number of carboxylic acids is 1. The number of hydrogen-bond acceptors (Lipinski definition) is 4. The van der Waals surface area contributed by atoms with Gasteiger partial charge >= 0.3 is 5.97 Å². The fraction of sp³-hybridized carbons (Fsp3) is 0.429. The summed E-state index contributed by atoms with van der Waals surface area (Å²) in [6.45, 7) is 2.63. The van der Waals surface area contributed by atoms with Gasteiger partial charge in [0.25, 0.3) is 0 Å². The van der Waals surface area contributed by atoms with Crippen molar-refractivity contribution in [1.29, 1.82) is 5.26 Å². The van der Waals surface area contributed by atoms with Crippen molar-refractivity contribution in [3.8, 4) is 6.07 Å². The molecule has 6 heteroatoms. The molecule has 0 aliphatic carbocycles. The lowest BCUT2D eigenvalue weighted by molar-refractivity contribution is 0.0697. The minimum absolute atomic E-state index is 0.251. The quantitative estimate of drug-likeness (QED) is 0.786. The van der Waals surface area contributed by atoms with Crippen LogP contribution < -0.4 is 0 Å². The van der Waals surface area contributed by atoms with Crippen LogP contribution in [0.15, 0.2) is 22.7 Å². The van der Waals surface area contributed by atoms with Gasteiger partial charge in [-0.05, 0) is 17.7 Å². The molecule has 1 aromatic rings. The summed E-state index contributed by atoms with van der Waals surface area (Å²) in [7, 11) is 1.64. The smallest absolute Gasteiger partial charge is 0.335 e. The SMILES string of the molecule is COCCN(CCC#N)Cc1ccc(C(=O)O)cc1Br. The molecule has 1 aromatic carbocycles. The number of halogens is 1. The maximum Gasteiger partial charge on any atom is 0.335 e. The first kappa shape index (κ1) is 16.6. The zero-order valence-electron chi connectivity index (χ0n) is 11.3. The highest BCUT2D eigenvalue weighted by molar-refractivity contribution is 9.10. The summed E-state index contributed by atoms with van der Waals surface area (Å²) in [6, 6.07) is 7.10. The molecule has 0 amide bonds. The molecule has 0 spiro atoms. The summed E-state index contributed by atoms with van der Waals surface area (Å²) in [4.78, 5) is 13.0. The number of nitrogens with zero attached hydrogens (tertiary/aromatic N) is 2. The second-order valence-electron chi connectivity index (χ2n) is 4.29. The molecule has 108 valence electrons. The van der Waals surface area contributed by atoms with Crippen molar-refractivity contribution >= 4 is 21.9 Å². The van der Waals surface area contributed by atoms with E-state index in [-0.39, 0.29) is 5.56 Å². The fourth-order valence-corrected chi connectivity index (χ4v) is 2.25. The van der Waals surface area contributed by atoms with Gasteiger partial charge in [0, 0.05) is 37.6 Å². The third kappa shape index (κ3) is 5.29. The van der Waals surface area contributed by atoms with Crippen LogP contribution in [0.1, 0.15) is 22.3 Å². The monoisotopic (exact) mass is 340 g/mol. The first-order chi connectivity index (χ1) is 9.58. The number of ether oxygens (including phenoxy) is 1. The highest BCUT2D eigenvalue weighted by Crippen LogP contribution is 2.20. The number of nitriles is 1. The molecule has 5 nitrogen and oxygen atoms in total. The Morgan fingerprint density at radius 3 is 2.80 bits per heavy atom. The van der Waals surface area contributed by atoms with Gasteiger partial charge in [-0.1, -0.05) is 22.0 Å². The molecule has 1 N–H and O–H groups in total. The van der Waals surface area contributed by atoms with Crippen molar-refractivity contribution < 1.29 is 14.6 Å². The second-order valence-corrected chi connectivity index (χ2v) is 5.14. The van der Waals surface area contributed by atoms with E-state index in [1.807, 2.05) is 0 Å². The zero-order chi connectivity index (χ0) is 15.0. The lowest BCUT2D eigenvalue weighted by Gasteiger charge is -2.21. The van der Waals surface area contributed by atoms with Crippen LogP contribution in [0.4, 0.5) is 0 Å². The van der Waals surface area contributed by atoms with Crippen LogP contribution in [0.2, 0.25) is 0 Å². The molecule has 0 saturated heterocycles. The van der Waals surface area contributed by atoms with E-state index in [0.717, 1.165) is 16.6 Å². The van der Waals surface area contributed by atoms with Gasteiger partial charge < -0.3 is 9.84 Å². The molecule has 0 fully saturated rings. The molecule has 0 atom stereocenters. The summed E-state index contributed by atoms with van der Waals surface area (Å²) in [5.41, 5.74) is 1.24. The van der Waals surface area contributed by atoms with Gasteiger partial charge in [-0.15, -0.1) is 0 Å². The standard InChI is InChI=1S/C14H17BrN2O3/c1-20-8-7-17(6-2-5-16)10-12-4-3-11(14(18)19)9-13(12)15/h3-4,9H,2,6-8,10H2,1H3,(H,18,19). The Morgan fingerprint density at radius 1 is 1.50 bits per heavy atom. The molecule has 1 rings (SSSR count). The molecule has 0 aliphatic heterocycles. The number of aromatic carboxylic acids is 1. The summed E-state index contributed by atoms with van der Waals surface area (Å²) in [5, 5.41) is 17.6. The molecular formula is C14H17BrN2O3. The van der Waals surface area contributed by atoms with E-state index in [1.165, 1.54) is 0 Å². The Bertz CT molecular complexity index is 500. The van der Waals surface area contributed by atoms with Gasteiger partial charge in [-0.3, -0.25) is 4.90 Å². The molecule has 0 aliphatic rings. The predicted molar refractivity (Wildman–Crippen MR) is 78.5 cm³/mol. The largest absolute Gasteiger partial charge is 0.478 e. The minimum atomic E-state index is -0.946. The minimum Gasteiger partial charge on any atom is -0.478 e. The van der Waals surface area contributed by atoms with Crippen molar-refractivity contribution in [3.05, 3.63) is 33.8 Å². The number of methoxy groups -OCH3 is 1. The number of carbonyl (C=O) groups is 1. The Hall–Kier alpha value is -1.42. The number of carboxylic acid groups (broad SMARTS) is 1. The molecule has 0 radical (unpaired) electrons. The Labute approximate surface area is 126 Å². The normalized spacial score (nSPS) is 10.5. The molecule has 0 unspecified atom stereocenters. The molecule has 0 saturated carbocycles. The summed E-state index contributed by atoms with van der Waals surface area (Å²) in [6.07, 6.45) is 0.453. The summed E-state index contributed by atoms with van der Waals surface area (Å²) in [5.74, 6) is -0.946. The first-order valence-electron chi connectivity index (χ1n) is 6.18. The van der Waals surface area contributed by atoms with Gasteiger partial charge in [-0.25, -0.2) is 4.79 Å². The van der Waals surface area contributed by atoms with Crippen molar-refractivity contribution in [2.75, 3.05) is 26.8 Å². The number of rotatable bonds is 8. The van der Waals surface area contributed by atoms with Crippen LogP contribution >= 0.6 is 15.9 Å². The average molecular weight is 341 g/mol. The molecule has 0 heterocycles. The predicted octanol–water partition coefficient (Wildman–Crippen LogP) is 2.51. The van der Waals surface area contributed by atoms with Gasteiger partial charge in [0.1, 0.15) is 0 Å². The average Bonchev–Trinajstić information content (AvgIpc) is 2.43. The van der Waals surface area contributed by atoms with Crippen molar-refractivity contribution in [3.63, 3.8) is 0 Å². The van der Waals surface area contributed by atoms with Gasteiger partial charge in [-0.2, -0.15) is 5.26 Å². The van der Waals surface area contributed by atoms with Crippen molar-refractivity contribution in [2.24, 2.45) is 0 Å². The lowest BCUT2D eigenvalue weighted by atomic mass is 10.1. The molecular weight excluding hydrogens is 324 g/mol. The molecule has 0 bridgehead atoms. The van der Waals surface area contributed by atoms with E-state index in [9.17, 15) is 4.79 Å². The van der Waals surface area contributed by atoms with Crippen molar-refractivity contribution in [2.45, 2.75) is 13.0 Å². The highest BCUT2D eigenvalue weighted by Gasteiger charge is 2.10. The van der Waals surface area contributed by atoms with Crippen molar-refractivity contribution in [1.82, 2.24) is 4.90 Å². The molecule has 0 aromatic heterocycles. The lowest BCUT2D eigenvalue weighted by Crippen LogP contribution is -2.28. The van der Waals surface area contributed by atoms with Crippen LogP contribution in [0.5, 0.6) is 0 Å². The van der Waals surface area contributed by atoms with E-state index in [4.69, 9.17) is 15.1 Å². The van der Waals surface area contributed by atoms with E-state index in [1.54, 1.807) is 25.3 Å². The van der Waals surface area contributed by atoms with Crippen LogP contribution in [0.25, 0.3) is 0 Å². The topological polar surface area (TPSA) is 73.6 Å². The Morgan fingerprint density at radius 2 is 2.25 bits per heavy atom. The van der Waals surface area contributed by atoms with E-state index >= 15 is 0 Å². The number of benzene rings is 1. The third-order valence-electron chi connectivity index (χ3n) is 2.85.